The Morgan fingerprint density at radius 3 is 2.55 bits per heavy atom. The Kier molecular flexibility index (Phi) is 6.03. The molecule has 0 aliphatic carbocycles. The summed E-state index contributed by atoms with van der Waals surface area (Å²) in [5, 5.41) is 9.66. The van der Waals surface area contributed by atoms with Crippen LogP contribution < -0.4 is 0 Å². The molecule has 0 saturated carbocycles. The predicted molar refractivity (Wildman–Crippen MR) is 75.7 cm³/mol. The highest BCUT2D eigenvalue weighted by atomic mass is 16.5. The van der Waals surface area contributed by atoms with Crippen LogP contribution in [0.15, 0.2) is 18.2 Å². The molecule has 1 aromatic rings. The van der Waals surface area contributed by atoms with Crippen molar-refractivity contribution in [3.63, 3.8) is 0 Å². The summed E-state index contributed by atoms with van der Waals surface area (Å²) in [6.45, 7) is 6.09. The van der Waals surface area contributed by atoms with E-state index in [4.69, 9.17) is 4.74 Å². The fourth-order valence-electron chi connectivity index (χ4n) is 1.81. The normalized spacial score (nSPS) is 10.2. The lowest BCUT2D eigenvalue weighted by atomic mass is 10.1. The van der Waals surface area contributed by atoms with Gasteiger partial charge in [0.1, 0.15) is 12.3 Å². The molecular formula is C15H21NO4. The summed E-state index contributed by atoms with van der Waals surface area (Å²) < 4.78 is 4.87. The molecular weight excluding hydrogens is 258 g/mol. The van der Waals surface area contributed by atoms with Crippen LogP contribution in [0.4, 0.5) is 0 Å². The summed E-state index contributed by atoms with van der Waals surface area (Å²) in [7, 11) is 0. The van der Waals surface area contributed by atoms with E-state index in [0.717, 1.165) is 6.42 Å². The molecule has 110 valence electrons. The molecule has 0 spiro atoms. The topological polar surface area (TPSA) is 66.8 Å². The van der Waals surface area contributed by atoms with E-state index < -0.39 is 5.97 Å². The number of amides is 1. The zero-order valence-corrected chi connectivity index (χ0v) is 12.2. The van der Waals surface area contributed by atoms with Gasteiger partial charge in [0.25, 0.3) is 5.91 Å². The molecule has 0 radical (unpaired) electrons. The van der Waals surface area contributed by atoms with E-state index >= 15 is 0 Å². The van der Waals surface area contributed by atoms with Crippen molar-refractivity contribution in [3.05, 3.63) is 29.3 Å². The third kappa shape index (κ3) is 4.26. The highest BCUT2D eigenvalue weighted by Gasteiger charge is 2.19. The minimum atomic E-state index is -0.425. The van der Waals surface area contributed by atoms with Crippen molar-refractivity contribution in [1.29, 1.82) is 0 Å². The molecule has 0 unspecified atom stereocenters. The van der Waals surface area contributed by atoms with E-state index in [1.807, 2.05) is 6.92 Å². The molecule has 20 heavy (non-hydrogen) atoms. The van der Waals surface area contributed by atoms with Crippen LogP contribution in [0, 0.1) is 6.92 Å². The first-order valence-corrected chi connectivity index (χ1v) is 6.74. The van der Waals surface area contributed by atoms with Gasteiger partial charge in [0.15, 0.2) is 0 Å². The van der Waals surface area contributed by atoms with Crippen LogP contribution in [0.25, 0.3) is 0 Å². The third-order valence-electron chi connectivity index (χ3n) is 2.86. The molecule has 0 aliphatic heterocycles. The van der Waals surface area contributed by atoms with Gasteiger partial charge >= 0.3 is 5.97 Å². The number of phenols is 1. The van der Waals surface area contributed by atoms with E-state index in [9.17, 15) is 14.7 Å². The number of aryl methyl sites for hydroxylation is 1. The smallest absolute Gasteiger partial charge is 0.325 e. The molecule has 0 saturated heterocycles. The van der Waals surface area contributed by atoms with E-state index in [1.54, 1.807) is 26.0 Å². The summed E-state index contributed by atoms with van der Waals surface area (Å²) in [4.78, 5) is 25.3. The number of hydrogen-bond donors (Lipinski definition) is 1. The minimum Gasteiger partial charge on any atom is -0.508 e. The standard InChI is InChI=1S/C15H21NO4/c1-4-8-16(10-14(18)20-5-2)15(19)12-7-6-11(3)13(17)9-12/h6-7,9,17H,4-5,8,10H2,1-3H3. The molecule has 5 heteroatoms. The Labute approximate surface area is 119 Å². The number of carbonyl (C=O) groups excluding carboxylic acids is 2. The van der Waals surface area contributed by atoms with Gasteiger partial charge in [-0.15, -0.1) is 0 Å². The number of aromatic hydroxyl groups is 1. The van der Waals surface area contributed by atoms with E-state index in [-0.39, 0.29) is 24.8 Å². The van der Waals surface area contributed by atoms with Gasteiger partial charge in [0.2, 0.25) is 0 Å². The molecule has 0 aromatic heterocycles. The fraction of sp³-hybridized carbons (Fsp3) is 0.467. The number of carbonyl (C=O) groups is 2. The average Bonchev–Trinajstić information content (AvgIpc) is 2.41. The molecule has 0 bridgehead atoms. The maximum Gasteiger partial charge on any atom is 0.325 e. The summed E-state index contributed by atoms with van der Waals surface area (Å²) >= 11 is 0. The Hall–Kier alpha value is -2.04. The van der Waals surface area contributed by atoms with Crippen LogP contribution >= 0.6 is 0 Å². The van der Waals surface area contributed by atoms with Gasteiger partial charge in [0.05, 0.1) is 6.61 Å². The zero-order valence-electron chi connectivity index (χ0n) is 12.2. The predicted octanol–water partition coefficient (Wildman–Crippen LogP) is 2.12. The molecule has 1 aromatic carbocycles. The van der Waals surface area contributed by atoms with E-state index in [2.05, 4.69) is 0 Å². The maximum absolute atomic E-state index is 12.3. The van der Waals surface area contributed by atoms with Crippen molar-refractivity contribution in [2.75, 3.05) is 19.7 Å². The van der Waals surface area contributed by atoms with Gasteiger partial charge < -0.3 is 14.7 Å². The van der Waals surface area contributed by atoms with Gasteiger partial charge in [-0.3, -0.25) is 9.59 Å². The van der Waals surface area contributed by atoms with E-state index in [0.29, 0.717) is 17.7 Å². The second-order valence-electron chi connectivity index (χ2n) is 4.53. The van der Waals surface area contributed by atoms with Crippen molar-refractivity contribution in [2.45, 2.75) is 27.2 Å². The average molecular weight is 279 g/mol. The molecule has 1 N–H and O–H groups in total. The fourth-order valence-corrected chi connectivity index (χ4v) is 1.81. The van der Waals surface area contributed by atoms with Crippen LogP contribution in [0.1, 0.15) is 36.2 Å². The number of nitrogens with zero attached hydrogens (tertiary/aromatic N) is 1. The molecule has 1 amide bonds. The first-order chi connectivity index (χ1) is 9.49. The van der Waals surface area contributed by atoms with Crippen LogP contribution in [0.2, 0.25) is 0 Å². The number of ether oxygens (including phenoxy) is 1. The van der Waals surface area contributed by atoms with Crippen molar-refractivity contribution >= 4 is 11.9 Å². The second kappa shape index (κ2) is 7.53. The SMILES string of the molecule is CCCN(CC(=O)OCC)C(=O)c1ccc(C)c(O)c1. The second-order valence-corrected chi connectivity index (χ2v) is 4.53. The Balaban J connectivity index is 2.87. The largest absolute Gasteiger partial charge is 0.508 e. The Morgan fingerprint density at radius 1 is 1.30 bits per heavy atom. The summed E-state index contributed by atoms with van der Waals surface area (Å²) in [5.74, 6) is -0.635. The zero-order chi connectivity index (χ0) is 15.1. The Bertz CT molecular complexity index is 485. The number of hydrogen-bond acceptors (Lipinski definition) is 4. The van der Waals surface area contributed by atoms with Gasteiger partial charge in [-0.1, -0.05) is 13.0 Å². The van der Waals surface area contributed by atoms with Crippen molar-refractivity contribution < 1.29 is 19.4 Å². The lowest BCUT2D eigenvalue weighted by Gasteiger charge is -2.21. The Morgan fingerprint density at radius 2 is 2.00 bits per heavy atom. The highest BCUT2D eigenvalue weighted by molar-refractivity contribution is 5.96. The monoisotopic (exact) mass is 279 g/mol. The van der Waals surface area contributed by atoms with Crippen LogP contribution in [-0.2, 0) is 9.53 Å². The molecule has 5 nitrogen and oxygen atoms in total. The van der Waals surface area contributed by atoms with E-state index in [1.165, 1.54) is 11.0 Å². The molecule has 0 fully saturated rings. The summed E-state index contributed by atoms with van der Waals surface area (Å²) in [6.07, 6.45) is 0.739. The molecule has 0 heterocycles. The van der Waals surface area contributed by atoms with Gasteiger partial charge in [-0.05, 0) is 38.0 Å². The number of benzene rings is 1. The lowest BCUT2D eigenvalue weighted by molar-refractivity contribution is -0.143. The quantitative estimate of drug-likeness (QED) is 0.810. The lowest BCUT2D eigenvalue weighted by Crippen LogP contribution is -2.37. The van der Waals surface area contributed by atoms with Gasteiger partial charge in [-0.25, -0.2) is 0 Å². The molecule has 0 atom stereocenters. The number of rotatable bonds is 6. The number of phenolic OH excluding ortho intramolecular Hbond substituents is 1. The molecule has 1 rings (SSSR count). The first kappa shape index (κ1) is 16.0. The van der Waals surface area contributed by atoms with Crippen molar-refractivity contribution in [2.24, 2.45) is 0 Å². The summed E-state index contributed by atoms with van der Waals surface area (Å²) in [6, 6.07) is 4.74. The summed E-state index contributed by atoms with van der Waals surface area (Å²) in [5.41, 5.74) is 1.07. The minimum absolute atomic E-state index is 0.0726. The first-order valence-electron chi connectivity index (χ1n) is 6.74. The maximum atomic E-state index is 12.3. The van der Waals surface area contributed by atoms with Gasteiger partial charge in [0, 0.05) is 12.1 Å². The molecule has 0 aliphatic rings. The van der Waals surface area contributed by atoms with Crippen LogP contribution in [-0.4, -0.2) is 41.6 Å². The van der Waals surface area contributed by atoms with Crippen molar-refractivity contribution in [1.82, 2.24) is 4.90 Å². The van der Waals surface area contributed by atoms with Crippen LogP contribution in [0.5, 0.6) is 5.75 Å². The third-order valence-corrected chi connectivity index (χ3v) is 2.86. The number of esters is 1. The van der Waals surface area contributed by atoms with Crippen LogP contribution in [0.3, 0.4) is 0 Å². The van der Waals surface area contributed by atoms with Crippen molar-refractivity contribution in [3.8, 4) is 5.75 Å². The van der Waals surface area contributed by atoms with Gasteiger partial charge in [-0.2, -0.15) is 0 Å². The highest BCUT2D eigenvalue weighted by Crippen LogP contribution is 2.18.